The number of benzene rings is 2. The Bertz CT molecular complexity index is 1240. The fourth-order valence-electron chi connectivity index (χ4n) is 3.20. The second kappa shape index (κ2) is 8.31. The Kier molecular flexibility index (Phi) is 5.40. The van der Waals surface area contributed by atoms with Gasteiger partial charge in [-0.25, -0.2) is 18.9 Å². The highest BCUT2D eigenvalue weighted by atomic mass is 19.1. The third kappa shape index (κ3) is 4.40. The third-order valence-corrected chi connectivity index (χ3v) is 4.62. The Morgan fingerprint density at radius 1 is 1.26 bits per heavy atom. The smallest absolute Gasteiger partial charge is 0.341 e. The first-order valence-electron chi connectivity index (χ1n) is 9.41. The monoisotopic (exact) mass is 422 g/mol. The highest BCUT2D eigenvalue weighted by molar-refractivity contribution is 5.82. The molecule has 2 heterocycles. The van der Waals surface area contributed by atoms with E-state index in [1.807, 2.05) is 0 Å². The maximum atomic E-state index is 13.6. The van der Waals surface area contributed by atoms with Crippen molar-refractivity contribution in [2.24, 2.45) is 0 Å². The predicted octanol–water partition coefficient (Wildman–Crippen LogP) is 3.75. The Labute approximate surface area is 176 Å². The summed E-state index contributed by atoms with van der Waals surface area (Å²) in [6, 6.07) is 12.7. The van der Waals surface area contributed by atoms with Crippen LogP contribution in [0.25, 0.3) is 16.6 Å². The number of carboxylic acids is 1. The Hall–Kier alpha value is -4.14. The molecule has 0 radical (unpaired) electrons. The van der Waals surface area contributed by atoms with E-state index < -0.39 is 18.7 Å². The van der Waals surface area contributed by atoms with Crippen LogP contribution >= 0.6 is 0 Å². The minimum Gasteiger partial charge on any atom is -0.482 e. The summed E-state index contributed by atoms with van der Waals surface area (Å²) in [5.41, 5.74) is 8.02. The summed E-state index contributed by atoms with van der Waals surface area (Å²) in [5.74, 6) is -0.624. The summed E-state index contributed by atoms with van der Waals surface area (Å²) in [6.45, 7) is 1.33. The molecular weight excluding hydrogens is 403 g/mol. The molecule has 158 valence electrons. The summed E-state index contributed by atoms with van der Waals surface area (Å²) in [5, 5.41) is 13.7. The number of aliphatic carboxylic acids is 1. The van der Waals surface area contributed by atoms with Crippen LogP contribution in [-0.2, 0) is 4.79 Å². The van der Waals surface area contributed by atoms with Crippen molar-refractivity contribution in [1.82, 2.24) is 14.8 Å². The van der Waals surface area contributed by atoms with Crippen molar-refractivity contribution in [3.05, 3.63) is 72.3 Å². The molecule has 2 aromatic heterocycles. The highest BCUT2D eigenvalue weighted by Gasteiger charge is 2.18. The second-order valence-corrected chi connectivity index (χ2v) is 6.82. The average molecular weight is 422 g/mol. The first kappa shape index (κ1) is 20.1. The topological polar surface area (TPSA) is 112 Å². The van der Waals surface area contributed by atoms with E-state index >= 15 is 0 Å². The minimum absolute atomic E-state index is 0.171. The Morgan fingerprint density at radius 2 is 2.10 bits per heavy atom. The normalized spacial score (nSPS) is 11.9. The van der Waals surface area contributed by atoms with Crippen LogP contribution in [0.3, 0.4) is 0 Å². The number of pyridine rings is 1. The molecule has 4 rings (SSSR count). The zero-order valence-electron chi connectivity index (χ0n) is 16.5. The molecule has 0 amide bonds. The molecule has 31 heavy (non-hydrogen) atoms. The highest BCUT2D eigenvalue weighted by Crippen LogP contribution is 2.33. The van der Waals surface area contributed by atoms with Crippen molar-refractivity contribution in [2.75, 3.05) is 12.3 Å². The molecule has 9 heteroatoms. The molecule has 0 saturated carbocycles. The number of hydrogen-bond acceptors (Lipinski definition) is 6. The number of ether oxygens (including phenoxy) is 2. The number of rotatable bonds is 7. The van der Waals surface area contributed by atoms with Gasteiger partial charge in [-0.15, -0.1) is 0 Å². The largest absolute Gasteiger partial charge is 0.482 e. The molecule has 0 saturated heterocycles. The van der Waals surface area contributed by atoms with Gasteiger partial charge in [0.25, 0.3) is 0 Å². The van der Waals surface area contributed by atoms with Gasteiger partial charge in [-0.05, 0) is 55.5 Å². The molecule has 1 atom stereocenters. The van der Waals surface area contributed by atoms with E-state index in [1.165, 1.54) is 12.1 Å². The first-order chi connectivity index (χ1) is 14.9. The van der Waals surface area contributed by atoms with Crippen molar-refractivity contribution in [3.63, 3.8) is 0 Å². The van der Waals surface area contributed by atoms with E-state index in [-0.39, 0.29) is 11.6 Å². The number of carbonyl (C=O) groups is 1. The molecule has 2 aromatic carbocycles. The molecule has 0 fully saturated rings. The first-order valence-corrected chi connectivity index (χ1v) is 9.41. The number of nitrogens with two attached hydrogens (primary N) is 1. The number of anilines is 1. The van der Waals surface area contributed by atoms with E-state index in [9.17, 15) is 9.18 Å². The molecule has 0 aliphatic carbocycles. The minimum atomic E-state index is -1.08. The summed E-state index contributed by atoms with van der Waals surface area (Å²) < 4.78 is 26.7. The predicted molar refractivity (Wildman–Crippen MR) is 112 cm³/mol. The molecular formula is C22H19FN4O4. The van der Waals surface area contributed by atoms with Gasteiger partial charge in [0.2, 0.25) is 0 Å². The van der Waals surface area contributed by atoms with Gasteiger partial charge in [0, 0.05) is 23.3 Å². The van der Waals surface area contributed by atoms with Crippen molar-refractivity contribution in [2.45, 2.75) is 13.0 Å². The number of carboxylic acid groups (broad SMARTS) is 1. The quantitative estimate of drug-likeness (QED) is 0.466. The number of aromatic nitrogens is 3. The fraction of sp³-hybridized carbons (Fsp3) is 0.136. The summed E-state index contributed by atoms with van der Waals surface area (Å²) in [6.07, 6.45) is 2.88. The lowest BCUT2D eigenvalue weighted by atomic mass is 10.1. The van der Waals surface area contributed by atoms with Crippen LogP contribution in [0.2, 0.25) is 0 Å². The van der Waals surface area contributed by atoms with Crippen LogP contribution in [0, 0.1) is 5.82 Å². The SMILES string of the molecule is C[C@H](Oc1cc2cc(F)ccc2nc1N)c1cc(OCC(=O)O)ccc1-n1cccn1. The van der Waals surface area contributed by atoms with Crippen LogP contribution in [0.15, 0.2) is 60.9 Å². The molecule has 0 unspecified atom stereocenters. The summed E-state index contributed by atoms with van der Waals surface area (Å²) in [4.78, 5) is 15.1. The van der Waals surface area contributed by atoms with Crippen LogP contribution in [-0.4, -0.2) is 32.4 Å². The Balaban J connectivity index is 1.70. The molecule has 0 spiro atoms. The molecule has 0 bridgehead atoms. The zero-order chi connectivity index (χ0) is 22.0. The number of halogens is 1. The number of fused-ring (bicyclic) bond motifs is 1. The van der Waals surface area contributed by atoms with Crippen LogP contribution in [0.1, 0.15) is 18.6 Å². The zero-order valence-corrected chi connectivity index (χ0v) is 16.5. The van der Waals surface area contributed by atoms with Crippen molar-refractivity contribution >= 4 is 22.7 Å². The van der Waals surface area contributed by atoms with Crippen molar-refractivity contribution in [1.29, 1.82) is 0 Å². The van der Waals surface area contributed by atoms with E-state index in [4.69, 9.17) is 20.3 Å². The van der Waals surface area contributed by atoms with Crippen LogP contribution in [0.4, 0.5) is 10.2 Å². The number of hydrogen-bond donors (Lipinski definition) is 2. The summed E-state index contributed by atoms with van der Waals surface area (Å²) >= 11 is 0. The van der Waals surface area contributed by atoms with Crippen LogP contribution in [0.5, 0.6) is 11.5 Å². The van der Waals surface area contributed by atoms with E-state index in [0.717, 1.165) is 5.69 Å². The third-order valence-electron chi connectivity index (χ3n) is 4.62. The lowest BCUT2D eigenvalue weighted by molar-refractivity contribution is -0.139. The van der Waals surface area contributed by atoms with Gasteiger partial charge < -0.3 is 20.3 Å². The molecule has 0 aliphatic rings. The second-order valence-electron chi connectivity index (χ2n) is 6.82. The molecule has 3 N–H and O–H groups in total. The number of nitrogen functional groups attached to an aromatic ring is 1. The maximum Gasteiger partial charge on any atom is 0.341 e. The van der Waals surface area contributed by atoms with Gasteiger partial charge in [-0.3, -0.25) is 0 Å². The van der Waals surface area contributed by atoms with Gasteiger partial charge in [0.15, 0.2) is 18.2 Å². The molecule has 0 aliphatic heterocycles. The standard InChI is InChI=1S/C22H19FN4O4/c1-13(31-20-10-14-9-15(23)3-5-18(14)26-22(20)24)17-11-16(30-12-21(28)29)4-6-19(17)27-8-2-7-25-27/h2-11,13H,12H2,1H3,(H2,24,26)(H,28,29)/t13-/m0/s1. The molecule has 8 nitrogen and oxygen atoms in total. The van der Waals surface area contributed by atoms with Gasteiger partial charge in [-0.2, -0.15) is 5.10 Å². The fourth-order valence-corrected chi connectivity index (χ4v) is 3.20. The maximum absolute atomic E-state index is 13.6. The molecule has 4 aromatic rings. The van der Waals surface area contributed by atoms with E-state index in [1.54, 1.807) is 60.4 Å². The summed E-state index contributed by atoms with van der Waals surface area (Å²) in [7, 11) is 0. The van der Waals surface area contributed by atoms with Gasteiger partial charge >= 0.3 is 5.97 Å². The lowest BCUT2D eigenvalue weighted by Crippen LogP contribution is -2.12. The van der Waals surface area contributed by atoms with Crippen LogP contribution < -0.4 is 15.2 Å². The van der Waals surface area contributed by atoms with Gasteiger partial charge in [0.1, 0.15) is 17.7 Å². The van der Waals surface area contributed by atoms with Crippen molar-refractivity contribution in [3.8, 4) is 17.2 Å². The van der Waals surface area contributed by atoms with Crippen molar-refractivity contribution < 1.29 is 23.8 Å². The average Bonchev–Trinajstić information content (AvgIpc) is 3.27. The Morgan fingerprint density at radius 3 is 2.84 bits per heavy atom. The van der Waals surface area contributed by atoms with Gasteiger partial charge in [-0.1, -0.05) is 0 Å². The lowest BCUT2D eigenvalue weighted by Gasteiger charge is -2.20. The van der Waals surface area contributed by atoms with E-state index in [2.05, 4.69) is 10.1 Å². The van der Waals surface area contributed by atoms with E-state index in [0.29, 0.717) is 28.0 Å². The van der Waals surface area contributed by atoms with Gasteiger partial charge in [0.05, 0.1) is 11.2 Å². The number of nitrogens with zero attached hydrogens (tertiary/aromatic N) is 3.